The predicted molar refractivity (Wildman–Crippen MR) is 154 cm³/mol. The Hall–Kier alpha value is -2.93. The van der Waals surface area contributed by atoms with Gasteiger partial charge in [0.05, 0.1) is 13.2 Å². The smallest absolute Gasteiger partial charge is 0.217 e. The molecule has 0 radical (unpaired) electrons. The predicted octanol–water partition coefficient (Wildman–Crippen LogP) is 4.49. The first kappa shape index (κ1) is 29.6. The van der Waals surface area contributed by atoms with Gasteiger partial charge in [-0.2, -0.15) is 4.98 Å². The highest BCUT2D eigenvalue weighted by molar-refractivity contribution is 6.26. The van der Waals surface area contributed by atoms with Gasteiger partial charge in [0, 0.05) is 35.2 Å². The number of methoxy groups -OCH3 is 1. The van der Waals surface area contributed by atoms with Gasteiger partial charge >= 0.3 is 0 Å². The van der Waals surface area contributed by atoms with Crippen molar-refractivity contribution in [1.82, 2.24) is 9.97 Å². The molecular formula is C28H40N2O6Si2. The van der Waals surface area contributed by atoms with E-state index in [9.17, 15) is 5.11 Å². The maximum Gasteiger partial charge on any atom is 0.217 e. The lowest BCUT2D eigenvalue weighted by molar-refractivity contribution is -0.117. The second-order valence-corrected chi connectivity index (χ2v) is 11.6. The number of phenolic OH excluding ortho intramolecular Hbond substituents is 1. The molecule has 10 heteroatoms. The van der Waals surface area contributed by atoms with Gasteiger partial charge in [-0.15, -0.1) is 0 Å². The Balaban J connectivity index is 1.73. The third-order valence-corrected chi connectivity index (χ3v) is 8.04. The van der Waals surface area contributed by atoms with E-state index in [0.717, 1.165) is 11.3 Å². The standard InChI is InChI=1S/C28H40N2O6Si2/c1-18(28(3,4)27(35-37-6)36-38-7)19(2)34-24-15-21(14-22(31)16-24)26-29-13-12-25(30-26)33-17-20-8-10-23(32-5)11-9-20/h8-16,18-19,27,31H,17,37-38H2,1-7H3/t18-,19+/m1/s1. The van der Waals surface area contributed by atoms with Crippen molar-refractivity contribution < 1.29 is 28.2 Å². The number of benzene rings is 2. The summed E-state index contributed by atoms with van der Waals surface area (Å²) in [5, 5.41) is 10.5. The van der Waals surface area contributed by atoms with Crippen LogP contribution in [0.4, 0.5) is 0 Å². The van der Waals surface area contributed by atoms with Gasteiger partial charge in [0.25, 0.3) is 0 Å². The van der Waals surface area contributed by atoms with Crippen molar-refractivity contribution in [2.45, 2.75) is 59.8 Å². The second-order valence-electron chi connectivity index (χ2n) is 9.75. The Morgan fingerprint density at radius 3 is 2.26 bits per heavy atom. The average Bonchev–Trinajstić information content (AvgIpc) is 2.91. The lowest BCUT2D eigenvalue weighted by Crippen LogP contribution is -2.45. The molecule has 1 aromatic heterocycles. The molecular weight excluding hydrogens is 516 g/mol. The summed E-state index contributed by atoms with van der Waals surface area (Å²) in [6, 6.07) is 14.4. The molecule has 0 aliphatic carbocycles. The Morgan fingerprint density at radius 1 is 0.947 bits per heavy atom. The Labute approximate surface area is 230 Å². The third-order valence-electron chi connectivity index (χ3n) is 6.77. The first-order chi connectivity index (χ1) is 18.2. The maximum absolute atomic E-state index is 10.5. The van der Waals surface area contributed by atoms with Crippen molar-refractivity contribution in [2.24, 2.45) is 11.3 Å². The first-order valence-corrected chi connectivity index (χ1v) is 17.0. The lowest BCUT2D eigenvalue weighted by Gasteiger charge is -2.41. The largest absolute Gasteiger partial charge is 0.508 e. The molecule has 38 heavy (non-hydrogen) atoms. The zero-order chi connectivity index (χ0) is 27.7. The average molecular weight is 557 g/mol. The van der Waals surface area contributed by atoms with E-state index in [0.29, 0.717) is 29.6 Å². The first-order valence-electron chi connectivity index (χ1n) is 13.0. The van der Waals surface area contributed by atoms with E-state index < -0.39 is 19.5 Å². The van der Waals surface area contributed by atoms with Crippen molar-refractivity contribution in [2.75, 3.05) is 7.11 Å². The van der Waals surface area contributed by atoms with Gasteiger partial charge in [0.2, 0.25) is 5.88 Å². The van der Waals surface area contributed by atoms with Crippen LogP contribution in [0.5, 0.6) is 23.1 Å². The van der Waals surface area contributed by atoms with Crippen LogP contribution in [0.3, 0.4) is 0 Å². The number of hydrogen-bond donors (Lipinski definition) is 1. The number of aromatic hydroxyl groups is 1. The zero-order valence-corrected chi connectivity index (χ0v) is 26.3. The van der Waals surface area contributed by atoms with Crippen LogP contribution in [0, 0.1) is 11.3 Å². The molecule has 0 amide bonds. The lowest BCUT2D eigenvalue weighted by atomic mass is 9.76. The van der Waals surface area contributed by atoms with Crippen LogP contribution in [0.15, 0.2) is 54.7 Å². The molecule has 0 aliphatic rings. The van der Waals surface area contributed by atoms with E-state index in [1.807, 2.05) is 37.3 Å². The van der Waals surface area contributed by atoms with Gasteiger partial charge in [0.15, 0.2) is 25.4 Å². The van der Waals surface area contributed by atoms with Gasteiger partial charge in [0.1, 0.15) is 30.1 Å². The van der Waals surface area contributed by atoms with Crippen LogP contribution < -0.4 is 14.2 Å². The van der Waals surface area contributed by atoms with Gasteiger partial charge in [-0.3, -0.25) is 0 Å². The summed E-state index contributed by atoms with van der Waals surface area (Å²) in [6.45, 7) is 13.1. The van der Waals surface area contributed by atoms with Crippen LogP contribution in [0.1, 0.15) is 33.3 Å². The van der Waals surface area contributed by atoms with Crippen molar-refractivity contribution in [3.63, 3.8) is 0 Å². The van der Waals surface area contributed by atoms with Crippen molar-refractivity contribution >= 4 is 19.5 Å². The Morgan fingerprint density at radius 2 is 1.63 bits per heavy atom. The minimum absolute atomic E-state index is 0.0725. The van der Waals surface area contributed by atoms with E-state index in [4.69, 9.17) is 23.1 Å². The fraction of sp³-hybridized carbons (Fsp3) is 0.429. The Bertz CT molecular complexity index is 1160. The molecule has 206 valence electrons. The van der Waals surface area contributed by atoms with Crippen LogP contribution in [-0.4, -0.2) is 54.1 Å². The summed E-state index contributed by atoms with van der Waals surface area (Å²) in [6.07, 6.45) is 1.25. The molecule has 0 saturated heterocycles. The SMILES string of the molecule is COc1ccc(COc2ccnc(-c3cc(O)cc(O[C@@H](C)[C@@H](C)C(C)(C)C(O[SiH2]C)O[SiH2]C)c3)n2)cc1. The quantitative estimate of drug-likeness (QED) is 0.229. The van der Waals surface area contributed by atoms with E-state index >= 15 is 0 Å². The topological polar surface area (TPSA) is 92.2 Å². The second kappa shape index (κ2) is 13.7. The zero-order valence-electron chi connectivity index (χ0n) is 23.4. The molecule has 1 N–H and O–H groups in total. The van der Waals surface area contributed by atoms with Gasteiger partial charge in [-0.05, 0) is 36.8 Å². The fourth-order valence-electron chi connectivity index (χ4n) is 4.14. The summed E-state index contributed by atoms with van der Waals surface area (Å²) in [7, 11) is 0.397. The van der Waals surface area contributed by atoms with E-state index in [1.54, 1.807) is 31.5 Å². The summed E-state index contributed by atoms with van der Waals surface area (Å²) in [4.78, 5) is 8.93. The number of phenols is 1. The van der Waals surface area contributed by atoms with Crippen LogP contribution in [-0.2, 0) is 15.5 Å². The molecule has 0 bridgehead atoms. The molecule has 0 unspecified atom stereocenters. The third kappa shape index (κ3) is 7.79. The minimum Gasteiger partial charge on any atom is -0.508 e. The number of aromatic nitrogens is 2. The minimum atomic E-state index is -0.619. The fourth-order valence-corrected chi connectivity index (χ4v) is 5.99. The molecule has 8 nitrogen and oxygen atoms in total. The molecule has 3 rings (SSSR count). The molecule has 2 atom stereocenters. The maximum atomic E-state index is 10.5. The highest BCUT2D eigenvalue weighted by atomic mass is 28.2. The number of rotatable bonds is 14. The molecule has 0 fully saturated rings. The summed E-state index contributed by atoms with van der Waals surface area (Å²) < 4.78 is 29.5. The van der Waals surface area contributed by atoms with Crippen molar-refractivity contribution in [1.29, 1.82) is 0 Å². The molecule has 0 spiro atoms. The summed E-state index contributed by atoms with van der Waals surface area (Å²) in [5.74, 6) is 2.39. The van der Waals surface area contributed by atoms with E-state index in [2.05, 4.69) is 43.8 Å². The highest BCUT2D eigenvalue weighted by Crippen LogP contribution is 2.37. The molecule has 2 aromatic carbocycles. The number of hydrogen-bond acceptors (Lipinski definition) is 8. The van der Waals surface area contributed by atoms with Crippen LogP contribution in [0.2, 0.25) is 13.1 Å². The van der Waals surface area contributed by atoms with Crippen LogP contribution >= 0.6 is 0 Å². The number of nitrogens with zero attached hydrogens (tertiary/aromatic N) is 2. The van der Waals surface area contributed by atoms with E-state index in [1.165, 1.54) is 0 Å². The summed E-state index contributed by atoms with van der Waals surface area (Å²) in [5.41, 5.74) is 1.38. The highest BCUT2D eigenvalue weighted by Gasteiger charge is 2.39. The monoisotopic (exact) mass is 556 g/mol. The molecule has 1 heterocycles. The van der Waals surface area contributed by atoms with Crippen molar-refractivity contribution in [3.8, 4) is 34.5 Å². The van der Waals surface area contributed by atoms with Gasteiger partial charge in [-0.1, -0.05) is 46.0 Å². The normalized spacial score (nSPS) is 14.6. The molecule has 3 aromatic rings. The molecule has 0 aliphatic heterocycles. The van der Waals surface area contributed by atoms with Crippen LogP contribution in [0.25, 0.3) is 11.4 Å². The molecule has 0 saturated carbocycles. The number of ether oxygens (including phenoxy) is 3. The van der Waals surface area contributed by atoms with Gasteiger partial charge in [-0.25, -0.2) is 4.98 Å². The summed E-state index contributed by atoms with van der Waals surface area (Å²) >= 11 is 0. The van der Waals surface area contributed by atoms with Crippen molar-refractivity contribution in [3.05, 3.63) is 60.3 Å². The Kier molecular flexibility index (Phi) is 10.7. The van der Waals surface area contributed by atoms with E-state index in [-0.39, 0.29) is 29.5 Å². The van der Waals surface area contributed by atoms with Gasteiger partial charge < -0.3 is 28.2 Å².